The van der Waals surface area contributed by atoms with Crippen LogP contribution in [0.3, 0.4) is 0 Å². The first-order chi connectivity index (χ1) is 15.4. The average Bonchev–Trinajstić information content (AvgIpc) is 2.75. The molecule has 3 rings (SSSR count). The Morgan fingerprint density at radius 1 is 0.970 bits per heavy atom. The van der Waals surface area contributed by atoms with Crippen molar-refractivity contribution in [1.29, 1.82) is 0 Å². The molecule has 2 aromatic rings. The van der Waals surface area contributed by atoms with Crippen molar-refractivity contribution in [2.24, 2.45) is 0 Å². The number of sulfonamides is 2. The molecule has 0 unspecified atom stereocenters. The van der Waals surface area contributed by atoms with Crippen LogP contribution in [-0.4, -0.2) is 83.1 Å². The summed E-state index contributed by atoms with van der Waals surface area (Å²) in [6, 6.07) is 11.0. The number of rotatable bonds is 7. The Kier molecular flexibility index (Phi) is 7.59. The van der Waals surface area contributed by atoms with E-state index in [0.29, 0.717) is 37.4 Å². The molecule has 0 saturated carbocycles. The summed E-state index contributed by atoms with van der Waals surface area (Å²) in [6.45, 7) is 5.24. The molecule has 180 valence electrons. The molecule has 2 aromatic carbocycles. The number of hydrogen-bond acceptors (Lipinski definition) is 6. The molecule has 1 heterocycles. The first-order valence-corrected chi connectivity index (χ1v) is 13.4. The minimum atomic E-state index is -3.83. The first kappa shape index (κ1) is 25.3. The molecule has 1 amide bonds. The van der Waals surface area contributed by atoms with E-state index in [0.717, 1.165) is 9.87 Å². The van der Waals surface area contributed by atoms with Crippen molar-refractivity contribution in [2.75, 3.05) is 52.1 Å². The molecule has 1 fully saturated rings. The topological polar surface area (TPSA) is 107 Å². The molecule has 1 saturated heterocycles. The van der Waals surface area contributed by atoms with Gasteiger partial charge in [0.25, 0.3) is 0 Å². The van der Waals surface area contributed by atoms with Crippen LogP contribution in [0.4, 0.5) is 5.69 Å². The number of likely N-dealkylation sites (N-methyl/N-ethyl adjacent to an activating group) is 2. The third-order valence-corrected chi connectivity index (χ3v) is 9.51. The molecular weight excluding hydrogens is 464 g/mol. The molecule has 0 atom stereocenters. The number of carbonyl (C=O) groups excluding carboxylic acids is 1. The Labute approximate surface area is 196 Å². The van der Waals surface area contributed by atoms with Crippen molar-refractivity contribution in [3.05, 3.63) is 53.6 Å². The lowest BCUT2D eigenvalue weighted by Crippen LogP contribution is -2.47. The van der Waals surface area contributed by atoms with Crippen molar-refractivity contribution < 1.29 is 21.6 Å². The van der Waals surface area contributed by atoms with Crippen molar-refractivity contribution in [1.82, 2.24) is 13.5 Å². The van der Waals surface area contributed by atoms with E-state index < -0.39 is 32.5 Å². The van der Waals surface area contributed by atoms with Crippen LogP contribution in [0.15, 0.2) is 52.3 Å². The largest absolute Gasteiger partial charge is 0.325 e. The van der Waals surface area contributed by atoms with Gasteiger partial charge in [-0.15, -0.1) is 0 Å². The van der Waals surface area contributed by atoms with E-state index in [-0.39, 0.29) is 9.79 Å². The van der Waals surface area contributed by atoms with Gasteiger partial charge in [-0.25, -0.2) is 16.8 Å². The van der Waals surface area contributed by atoms with E-state index in [1.807, 2.05) is 14.0 Å². The van der Waals surface area contributed by atoms with E-state index in [1.54, 1.807) is 31.2 Å². The van der Waals surface area contributed by atoms with Crippen LogP contribution < -0.4 is 5.32 Å². The Morgan fingerprint density at radius 3 is 2.18 bits per heavy atom. The predicted octanol–water partition coefficient (Wildman–Crippen LogP) is 1.50. The summed E-state index contributed by atoms with van der Waals surface area (Å²) in [4.78, 5) is 14.8. The van der Waals surface area contributed by atoms with Crippen LogP contribution in [-0.2, 0) is 24.8 Å². The molecule has 1 aliphatic heterocycles. The number of nitrogens with zero attached hydrogens (tertiary/aromatic N) is 3. The Bertz CT molecular complexity index is 1220. The van der Waals surface area contributed by atoms with Gasteiger partial charge in [0.1, 0.15) is 0 Å². The summed E-state index contributed by atoms with van der Waals surface area (Å²) in [5, 5.41) is 2.62. The molecule has 0 aromatic heterocycles. The highest BCUT2D eigenvalue weighted by Gasteiger charge is 2.29. The lowest BCUT2D eigenvalue weighted by atomic mass is 10.2. The zero-order valence-electron chi connectivity index (χ0n) is 19.3. The number of nitrogens with one attached hydrogen (secondary N) is 1. The van der Waals surface area contributed by atoms with Crippen LogP contribution in [0, 0.1) is 13.8 Å². The second kappa shape index (κ2) is 9.90. The van der Waals surface area contributed by atoms with Gasteiger partial charge in [-0.3, -0.25) is 4.79 Å². The van der Waals surface area contributed by atoms with Crippen molar-refractivity contribution >= 4 is 31.6 Å². The quantitative estimate of drug-likeness (QED) is 0.625. The molecule has 11 heteroatoms. The van der Waals surface area contributed by atoms with E-state index in [9.17, 15) is 21.6 Å². The lowest BCUT2D eigenvalue weighted by molar-refractivity contribution is -0.116. The third kappa shape index (κ3) is 5.79. The average molecular weight is 495 g/mol. The number of piperazine rings is 1. The van der Waals surface area contributed by atoms with Crippen LogP contribution in [0.25, 0.3) is 0 Å². The maximum absolute atomic E-state index is 13.1. The molecule has 0 bridgehead atoms. The number of hydrogen-bond donors (Lipinski definition) is 1. The fourth-order valence-electron chi connectivity index (χ4n) is 3.50. The summed E-state index contributed by atoms with van der Waals surface area (Å²) in [5.41, 5.74) is 1.79. The van der Waals surface area contributed by atoms with Crippen molar-refractivity contribution in [3.8, 4) is 0 Å². The fourth-order valence-corrected chi connectivity index (χ4v) is 6.30. The highest BCUT2D eigenvalue weighted by atomic mass is 32.2. The predicted molar refractivity (Wildman–Crippen MR) is 127 cm³/mol. The number of carbonyl (C=O) groups is 1. The van der Waals surface area contributed by atoms with E-state index in [2.05, 4.69) is 10.2 Å². The van der Waals surface area contributed by atoms with Gasteiger partial charge in [0.15, 0.2) is 0 Å². The molecule has 9 nitrogen and oxygen atoms in total. The number of aryl methyl sites for hydroxylation is 2. The van der Waals surface area contributed by atoms with E-state index in [1.165, 1.54) is 29.6 Å². The monoisotopic (exact) mass is 494 g/mol. The molecule has 0 radical (unpaired) electrons. The van der Waals surface area contributed by atoms with Crippen molar-refractivity contribution in [2.45, 2.75) is 23.6 Å². The Balaban J connectivity index is 1.73. The zero-order chi connectivity index (χ0) is 24.4. The van der Waals surface area contributed by atoms with Gasteiger partial charge >= 0.3 is 0 Å². The first-order valence-electron chi connectivity index (χ1n) is 10.5. The summed E-state index contributed by atoms with van der Waals surface area (Å²) in [6.07, 6.45) is 0. The standard InChI is InChI=1S/C22H30N4O5S2/c1-17-5-9-20(10-6-17)32(28,29)25(4)16-22(27)23-19-8-7-18(2)21(15-19)33(30,31)26-13-11-24(3)12-14-26/h5-10,15H,11-14,16H2,1-4H3,(H,23,27). The van der Waals surface area contributed by atoms with Crippen LogP contribution in [0.5, 0.6) is 0 Å². The molecule has 1 N–H and O–H groups in total. The van der Waals surface area contributed by atoms with Crippen LogP contribution in [0.1, 0.15) is 11.1 Å². The molecule has 0 spiro atoms. The van der Waals surface area contributed by atoms with Gasteiger partial charge in [0, 0.05) is 38.9 Å². The SMILES string of the molecule is Cc1ccc(S(=O)(=O)N(C)CC(=O)Nc2ccc(C)c(S(=O)(=O)N3CCN(C)CC3)c2)cc1. The summed E-state index contributed by atoms with van der Waals surface area (Å²) >= 11 is 0. The third-order valence-electron chi connectivity index (χ3n) is 5.65. The van der Waals surface area contributed by atoms with E-state index in [4.69, 9.17) is 0 Å². The Morgan fingerprint density at radius 2 is 1.58 bits per heavy atom. The van der Waals surface area contributed by atoms with Gasteiger partial charge < -0.3 is 10.2 Å². The van der Waals surface area contributed by atoms with Crippen LogP contribution >= 0.6 is 0 Å². The second-order valence-electron chi connectivity index (χ2n) is 8.31. The molecule has 33 heavy (non-hydrogen) atoms. The van der Waals surface area contributed by atoms with Gasteiger partial charge in [0.2, 0.25) is 26.0 Å². The maximum atomic E-state index is 13.1. The van der Waals surface area contributed by atoms with Gasteiger partial charge in [-0.1, -0.05) is 23.8 Å². The van der Waals surface area contributed by atoms with Crippen molar-refractivity contribution in [3.63, 3.8) is 0 Å². The van der Waals surface area contributed by atoms with Gasteiger partial charge in [-0.2, -0.15) is 8.61 Å². The smallest absolute Gasteiger partial charge is 0.243 e. The zero-order valence-corrected chi connectivity index (χ0v) is 20.9. The molecule has 0 aliphatic carbocycles. The Hall–Kier alpha value is -2.31. The summed E-state index contributed by atoms with van der Waals surface area (Å²) in [7, 11) is -4.27. The lowest BCUT2D eigenvalue weighted by Gasteiger charge is -2.32. The number of amides is 1. The normalized spacial score (nSPS) is 16.2. The maximum Gasteiger partial charge on any atom is 0.243 e. The fraction of sp³-hybridized carbons (Fsp3) is 0.409. The minimum Gasteiger partial charge on any atom is -0.325 e. The van der Waals surface area contributed by atoms with E-state index >= 15 is 0 Å². The summed E-state index contributed by atoms with van der Waals surface area (Å²) < 4.78 is 54.1. The molecule has 1 aliphatic rings. The number of anilines is 1. The molecular formula is C22H30N4O5S2. The highest BCUT2D eigenvalue weighted by Crippen LogP contribution is 2.25. The minimum absolute atomic E-state index is 0.0966. The summed E-state index contributed by atoms with van der Waals surface area (Å²) in [5.74, 6) is -0.569. The highest BCUT2D eigenvalue weighted by molar-refractivity contribution is 7.89. The van der Waals surface area contributed by atoms with Gasteiger partial charge in [0.05, 0.1) is 16.3 Å². The second-order valence-corrected chi connectivity index (χ2v) is 12.3. The van der Waals surface area contributed by atoms with Crippen LogP contribution in [0.2, 0.25) is 0 Å². The van der Waals surface area contributed by atoms with Gasteiger partial charge in [-0.05, 0) is 50.7 Å². The number of benzene rings is 2.